The molecule has 0 radical (unpaired) electrons. The quantitative estimate of drug-likeness (QED) is 0.749. The largest absolute Gasteiger partial charge is 0.495 e. The lowest BCUT2D eigenvalue weighted by Crippen LogP contribution is -2.38. The van der Waals surface area contributed by atoms with Crippen LogP contribution in [-0.4, -0.2) is 40.8 Å². The molecule has 0 aliphatic rings. The summed E-state index contributed by atoms with van der Waals surface area (Å²) >= 11 is 0. The maximum atomic E-state index is 12.0. The van der Waals surface area contributed by atoms with Crippen LogP contribution in [0.4, 0.5) is 5.69 Å². The number of anilines is 1. The molecule has 124 valence electrons. The molecule has 1 aromatic carbocycles. The number of unbranched alkanes of at least 4 members (excludes halogenated alkanes) is 1. The third-order valence-corrected chi connectivity index (χ3v) is 4.33. The van der Waals surface area contributed by atoms with E-state index in [1.165, 1.54) is 11.4 Å². The molecule has 0 unspecified atom stereocenters. The van der Waals surface area contributed by atoms with Crippen LogP contribution < -0.4 is 14.4 Å². The van der Waals surface area contributed by atoms with Crippen molar-refractivity contribution in [2.24, 2.45) is 0 Å². The van der Waals surface area contributed by atoms with E-state index in [-0.39, 0.29) is 19.0 Å². The second-order valence-corrected chi connectivity index (χ2v) is 6.87. The second-order valence-electron chi connectivity index (χ2n) is 4.96. The van der Waals surface area contributed by atoms with Crippen molar-refractivity contribution < 1.29 is 17.9 Å². The molecule has 0 saturated heterocycles. The Kier molecular flexibility index (Phi) is 7.17. The highest BCUT2D eigenvalue weighted by Gasteiger charge is 2.20. The van der Waals surface area contributed by atoms with Crippen LogP contribution in [0.25, 0.3) is 0 Å². The molecule has 1 N–H and O–H groups in total. The monoisotopic (exact) mass is 328 g/mol. The highest BCUT2D eigenvalue weighted by atomic mass is 32.2. The highest BCUT2D eigenvalue weighted by molar-refractivity contribution is 7.92. The van der Waals surface area contributed by atoms with Gasteiger partial charge < -0.3 is 10.1 Å². The van der Waals surface area contributed by atoms with Gasteiger partial charge in [0.05, 0.1) is 25.6 Å². The van der Waals surface area contributed by atoms with Gasteiger partial charge >= 0.3 is 0 Å². The van der Waals surface area contributed by atoms with Crippen LogP contribution >= 0.6 is 0 Å². The molecule has 0 fully saturated rings. The minimum absolute atomic E-state index is 0.0599. The van der Waals surface area contributed by atoms with E-state index in [0.29, 0.717) is 17.9 Å². The minimum Gasteiger partial charge on any atom is -0.495 e. The number of rotatable bonds is 9. The van der Waals surface area contributed by atoms with Crippen LogP contribution in [0.5, 0.6) is 5.75 Å². The van der Waals surface area contributed by atoms with E-state index in [9.17, 15) is 13.2 Å². The standard InChI is InChI=1S/C15H24N2O4S/c1-4-5-10-15(18)16-11-12-17(22(3,19)20)13-8-6-7-9-14(13)21-2/h6-9H,4-5,10-12H2,1-3H3,(H,16,18). The number of hydrogen-bond donors (Lipinski definition) is 1. The number of carbonyl (C=O) groups is 1. The van der Waals surface area contributed by atoms with Crippen LogP contribution in [-0.2, 0) is 14.8 Å². The number of nitrogens with zero attached hydrogens (tertiary/aromatic N) is 1. The maximum Gasteiger partial charge on any atom is 0.232 e. The molecular formula is C15H24N2O4S. The van der Waals surface area contributed by atoms with Gasteiger partial charge in [0.25, 0.3) is 0 Å². The molecule has 0 aromatic heterocycles. The van der Waals surface area contributed by atoms with E-state index < -0.39 is 10.0 Å². The first-order chi connectivity index (χ1) is 10.4. The molecule has 6 nitrogen and oxygen atoms in total. The third kappa shape index (κ3) is 5.55. The number of carbonyl (C=O) groups excluding carboxylic acids is 1. The number of sulfonamides is 1. The van der Waals surface area contributed by atoms with E-state index in [1.54, 1.807) is 24.3 Å². The van der Waals surface area contributed by atoms with Crippen molar-refractivity contribution >= 4 is 21.6 Å². The molecule has 0 bridgehead atoms. The number of para-hydroxylation sites is 2. The van der Waals surface area contributed by atoms with Gasteiger partial charge in [-0.05, 0) is 18.6 Å². The van der Waals surface area contributed by atoms with Crippen molar-refractivity contribution in [2.75, 3.05) is 30.8 Å². The molecule has 0 atom stereocenters. The van der Waals surface area contributed by atoms with Gasteiger partial charge in [-0.1, -0.05) is 25.5 Å². The van der Waals surface area contributed by atoms with Gasteiger partial charge in [0, 0.05) is 13.0 Å². The van der Waals surface area contributed by atoms with Gasteiger partial charge in [-0.15, -0.1) is 0 Å². The summed E-state index contributed by atoms with van der Waals surface area (Å²) in [6, 6.07) is 6.90. The topological polar surface area (TPSA) is 75.7 Å². The predicted molar refractivity (Wildman–Crippen MR) is 87.7 cm³/mol. The summed E-state index contributed by atoms with van der Waals surface area (Å²) in [4.78, 5) is 11.6. The van der Waals surface area contributed by atoms with Crippen LogP contribution in [0, 0.1) is 0 Å². The first-order valence-corrected chi connectivity index (χ1v) is 9.12. The fourth-order valence-corrected chi connectivity index (χ4v) is 2.95. The summed E-state index contributed by atoms with van der Waals surface area (Å²) in [5, 5.41) is 2.74. The summed E-state index contributed by atoms with van der Waals surface area (Å²) in [6.07, 6.45) is 3.38. The van der Waals surface area contributed by atoms with Gasteiger partial charge in [0.15, 0.2) is 0 Å². The Hall–Kier alpha value is -1.76. The number of amides is 1. The Morgan fingerprint density at radius 3 is 2.59 bits per heavy atom. The van der Waals surface area contributed by atoms with Crippen LogP contribution in [0.1, 0.15) is 26.2 Å². The minimum atomic E-state index is -3.46. The average molecular weight is 328 g/mol. The number of methoxy groups -OCH3 is 1. The third-order valence-electron chi connectivity index (χ3n) is 3.15. The summed E-state index contributed by atoms with van der Waals surface area (Å²) in [6.45, 7) is 2.44. The van der Waals surface area contributed by atoms with E-state index in [0.717, 1.165) is 19.1 Å². The maximum absolute atomic E-state index is 12.0. The van der Waals surface area contributed by atoms with Crippen LogP contribution in [0.3, 0.4) is 0 Å². The van der Waals surface area contributed by atoms with Crippen molar-refractivity contribution in [2.45, 2.75) is 26.2 Å². The summed E-state index contributed by atoms with van der Waals surface area (Å²) in [5.74, 6) is 0.417. The summed E-state index contributed by atoms with van der Waals surface area (Å²) < 4.78 is 30.5. The van der Waals surface area contributed by atoms with Crippen LogP contribution in [0.15, 0.2) is 24.3 Å². The summed E-state index contributed by atoms with van der Waals surface area (Å²) in [5.41, 5.74) is 0.468. The molecule has 1 amide bonds. The molecule has 0 aliphatic heterocycles. The molecule has 0 spiro atoms. The van der Waals surface area contributed by atoms with Crippen molar-refractivity contribution in [3.8, 4) is 5.75 Å². The van der Waals surface area contributed by atoms with Crippen molar-refractivity contribution in [1.82, 2.24) is 5.32 Å². The zero-order valence-electron chi connectivity index (χ0n) is 13.3. The number of nitrogens with one attached hydrogen (secondary N) is 1. The highest BCUT2D eigenvalue weighted by Crippen LogP contribution is 2.28. The fourth-order valence-electron chi connectivity index (χ4n) is 2.02. The Bertz CT molecular complexity index is 587. The Morgan fingerprint density at radius 2 is 2.00 bits per heavy atom. The SMILES string of the molecule is CCCCC(=O)NCCN(c1ccccc1OC)S(C)(=O)=O. The van der Waals surface area contributed by atoms with Gasteiger partial charge in [-0.3, -0.25) is 9.10 Å². The lowest BCUT2D eigenvalue weighted by atomic mass is 10.2. The van der Waals surface area contributed by atoms with Gasteiger partial charge in [-0.25, -0.2) is 8.42 Å². The Balaban J connectivity index is 2.77. The fraction of sp³-hybridized carbons (Fsp3) is 0.533. The molecule has 0 saturated carbocycles. The number of ether oxygens (including phenoxy) is 1. The molecule has 22 heavy (non-hydrogen) atoms. The molecule has 1 rings (SSSR count). The Labute approximate surface area is 132 Å². The molecule has 0 aliphatic carbocycles. The van der Waals surface area contributed by atoms with Crippen molar-refractivity contribution in [1.29, 1.82) is 0 Å². The van der Waals surface area contributed by atoms with E-state index in [2.05, 4.69) is 5.32 Å². The molecule has 1 aromatic rings. The number of benzene rings is 1. The second kappa shape index (κ2) is 8.63. The van der Waals surface area contributed by atoms with Crippen molar-refractivity contribution in [3.05, 3.63) is 24.3 Å². The Morgan fingerprint density at radius 1 is 1.32 bits per heavy atom. The zero-order chi connectivity index (χ0) is 16.6. The number of hydrogen-bond acceptors (Lipinski definition) is 4. The van der Waals surface area contributed by atoms with Gasteiger partial charge in [-0.2, -0.15) is 0 Å². The first-order valence-electron chi connectivity index (χ1n) is 7.27. The smallest absolute Gasteiger partial charge is 0.232 e. The molecule has 0 heterocycles. The predicted octanol–water partition coefficient (Wildman–Crippen LogP) is 1.77. The van der Waals surface area contributed by atoms with Crippen LogP contribution in [0.2, 0.25) is 0 Å². The van der Waals surface area contributed by atoms with Gasteiger partial charge in [0.1, 0.15) is 5.75 Å². The molecular weight excluding hydrogens is 304 g/mol. The lowest BCUT2D eigenvalue weighted by Gasteiger charge is -2.24. The molecule has 7 heteroatoms. The first kappa shape index (κ1) is 18.3. The lowest BCUT2D eigenvalue weighted by molar-refractivity contribution is -0.121. The van der Waals surface area contributed by atoms with E-state index in [4.69, 9.17) is 4.74 Å². The van der Waals surface area contributed by atoms with E-state index in [1.807, 2.05) is 6.92 Å². The zero-order valence-corrected chi connectivity index (χ0v) is 14.1. The van der Waals surface area contributed by atoms with E-state index >= 15 is 0 Å². The normalized spacial score (nSPS) is 11.0. The average Bonchev–Trinajstić information content (AvgIpc) is 2.48. The van der Waals surface area contributed by atoms with Gasteiger partial charge in [0.2, 0.25) is 15.9 Å². The summed E-state index contributed by atoms with van der Waals surface area (Å²) in [7, 11) is -1.97. The van der Waals surface area contributed by atoms with Crippen molar-refractivity contribution in [3.63, 3.8) is 0 Å².